The van der Waals surface area contributed by atoms with Crippen molar-refractivity contribution in [2.24, 2.45) is 5.92 Å². The first kappa shape index (κ1) is 14.4. The highest BCUT2D eigenvalue weighted by Crippen LogP contribution is 2.03. The molecule has 0 unspecified atom stereocenters. The molecule has 0 aromatic heterocycles. The summed E-state index contributed by atoms with van der Waals surface area (Å²) >= 11 is 0. The Labute approximate surface area is 93.7 Å². The minimum atomic E-state index is 0.294. The zero-order valence-corrected chi connectivity index (χ0v) is 10.1. The summed E-state index contributed by atoms with van der Waals surface area (Å²) in [6.07, 6.45) is 3.72. The van der Waals surface area contributed by atoms with Gasteiger partial charge in [-0.25, -0.2) is 0 Å². The van der Waals surface area contributed by atoms with E-state index >= 15 is 0 Å². The highest BCUT2D eigenvalue weighted by atomic mass is 16.2. The summed E-state index contributed by atoms with van der Waals surface area (Å²) in [6, 6.07) is 2.19. The Morgan fingerprint density at radius 3 is 2.47 bits per heavy atom. The quantitative estimate of drug-likeness (QED) is 0.595. The van der Waals surface area contributed by atoms with E-state index in [1.807, 2.05) is 0 Å². The van der Waals surface area contributed by atoms with Crippen LogP contribution in [-0.4, -0.2) is 36.2 Å². The first-order valence-electron chi connectivity index (χ1n) is 5.91. The number of unbranched alkanes of at least 4 members (excludes halogenated alkanes) is 2. The summed E-state index contributed by atoms with van der Waals surface area (Å²) in [7, 11) is 0. The Kier molecular flexibility index (Phi) is 9.55. The predicted octanol–water partition coefficient (Wildman–Crippen LogP) is 2.02. The fraction of sp³-hybridized carbons (Fsp3) is 0.917. The van der Waals surface area contributed by atoms with E-state index in [0.717, 1.165) is 38.9 Å². The van der Waals surface area contributed by atoms with Crippen molar-refractivity contribution >= 4 is 0 Å². The van der Waals surface area contributed by atoms with Crippen LogP contribution in [0.2, 0.25) is 0 Å². The predicted molar refractivity (Wildman–Crippen MR) is 62.4 cm³/mol. The van der Waals surface area contributed by atoms with Gasteiger partial charge in [-0.05, 0) is 31.7 Å². The molecule has 0 saturated carbocycles. The molecule has 0 aliphatic heterocycles. The normalized spacial score (nSPS) is 10.9. The van der Waals surface area contributed by atoms with Gasteiger partial charge in [0.2, 0.25) is 0 Å². The minimum absolute atomic E-state index is 0.294. The molecule has 0 fully saturated rings. The summed E-state index contributed by atoms with van der Waals surface area (Å²) in [5.74, 6) is 0.654. The first-order chi connectivity index (χ1) is 7.20. The van der Waals surface area contributed by atoms with Gasteiger partial charge in [-0.3, -0.25) is 0 Å². The molecular formula is C12H24N2O. The number of nitrogens with zero attached hydrogens (tertiary/aromatic N) is 2. The molecule has 1 N–H and O–H groups in total. The molecule has 0 aliphatic rings. The summed E-state index contributed by atoms with van der Waals surface area (Å²) in [5, 5.41) is 17.2. The number of aliphatic hydroxyl groups is 1. The van der Waals surface area contributed by atoms with E-state index in [9.17, 15) is 0 Å². The van der Waals surface area contributed by atoms with Crippen LogP contribution in [0.15, 0.2) is 0 Å². The van der Waals surface area contributed by atoms with Gasteiger partial charge in [0.15, 0.2) is 0 Å². The van der Waals surface area contributed by atoms with Crippen molar-refractivity contribution in [2.45, 2.75) is 39.5 Å². The second kappa shape index (κ2) is 9.95. The molecule has 15 heavy (non-hydrogen) atoms. The van der Waals surface area contributed by atoms with Crippen molar-refractivity contribution in [1.29, 1.82) is 5.26 Å². The van der Waals surface area contributed by atoms with Crippen molar-refractivity contribution in [3.05, 3.63) is 0 Å². The van der Waals surface area contributed by atoms with E-state index in [0.29, 0.717) is 18.9 Å². The molecule has 0 atom stereocenters. The second-order valence-corrected chi connectivity index (χ2v) is 4.39. The summed E-state index contributed by atoms with van der Waals surface area (Å²) in [4.78, 5) is 2.35. The van der Waals surface area contributed by atoms with Crippen LogP contribution in [0.1, 0.15) is 39.5 Å². The second-order valence-electron chi connectivity index (χ2n) is 4.39. The standard InChI is InChI=1S/C12H24N2O/c1-12(2)11-14(9-6-7-13)8-4-3-5-10-15/h12,15H,3-6,8-11H2,1-2H3. The zero-order chi connectivity index (χ0) is 11.5. The topological polar surface area (TPSA) is 47.3 Å². The number of hydrogen-bond donors (Lipinski definition) is 1. The molecule has 88 valence electrons. The molecular weight excluding hydrogens is 188 g/mol. The molecule has 0 heterocycles. The maximum Gasteiger partial charge on any atom is 0.0635 e. The fourth-order valence-corrected chi connectivity index (χ4v) is 1.64. The maximum absolute atomic E-state index is 8.66. The molecule has 0 aromatic rings. The van der Waals surface area contributed by atoms with Gasteiger partial charge >= 0.3 is 0 Å². The van der Waals surface area contributed by atoms with Crippen LogP contribution in [0, 0.1) is 17.2 Å². The van der Waals surface area contributed by atoms with E-state index in [-0.39, 0.29) is 0 Å². The van der Waals surface area contributed by atoms with E-state index in [2.05, 4.69) is 24.8 Å². The molecule has 0 saturated heterocycles. The van der Waals surface area contributed by atoms with E-state index < -0.39 is 0 Å². The molecule has 0 aliphatic carbocycles. The van der Waals surface area contributed by atoms with Crippen molar-refractivity contribution in [2.75, 3.05) is 26.2 Å². The summed E-state index contributed by atoms with van der Waals surface area (Å²) in [6.45, 7) is 7.71. The smallest absolute Gasteiger partial charge is 0.0635 e. The van der Waals surface area contributed by atoms with Crippen LogP contribution in [0.25, 0.3) is 0 Å². The SMILES string of the molecule is CC(C)CN(CCC#N)CCCCCO. The van der Waals surface area contributed by atoms with Crippen molar-refractivity contribution in [3.63, 3.8) is 0 Å². The lowest BCUT2D eigenvalue weighted by Crippen LogP contribution is -2.29. The average molecular weight is 212 g/mol. The lowest BCUT2D eigenvalue weighted by molar-refractivity contribution is 0.236. The Morgan fingerprint density at radius 2 is 1.93 bits per heavy atom. The molecule has 3 nitrogen and oxygen atoms in total. The molecule has 3 heteroatoms. The highest BCUT2D eigenvalue weighted by molar-refractivity contribution is 4.72. The van der Waals surface area contributed by atoms with Crippen LogP contribution in [0.3, 0.4) is 0 Å². The van der Waals surface area contributed by atoms with Crippen LogP contribution < -0.4 is 0 Å². The third kappa shape index (κ3) is 9.71. The van der Waals surface area contributed by atoms with E-state index in [4.69, 9.17) is 10.4 Å². The molecule has 0 radical (unpaired) electrons. The Bertz CT molecular complexity index is 175. The summed E-state index contributed by atoms with van der Waals surface area (Å²) < 4.78 is 0. The monoisotopic (exact) mass is 212 g/mol. The molecule has 0 spiro atoms. The lowest BCUT2D eigenvalue weighted by Gasteiger charge is -2.22. The van der Waals surface area contributed by atoms with Gasteiger partial charge in [0.05, 0.1) is 6.07 Å². The van der Waals surface area contributed by atoms with Crippen LogP contribution in [0.4, 0.5) is 0 Å². The molecule has 0 bridgehead atoms. The molecule has 0 aromatic carbocycles. The van der Waals surface area contributed by atoms with Crippen LogP contribution in [0.5, 0.6) is 0 Å². The summed E-state index contributed by atoms with van der Waals surface area (Å²) in [5.41, 5.74) is 0. The average Bonchev–Trinajstić information content (AvgIpc) is 2.19. The van der Waals surface area contributed by atoms with Gasteiger partial charge in [-0.2, -0.15) is 5.26 Å². The largest absolute Gasteiger partial charge is 0.396 e. The lowest BCUT2D eigenvalue weighted by atomic mass is 10.1. The number of rotatable bonds is 9. The number of nitriles is 1. The van der Waals surface area contributed by atoms with Crippen LogP contribution >= 0.6 is 0 Å². The van der Waals surface area contributed by atoms with Gasteiger partial charge < -0.3 is 10.0 Å². The third-order valence-corrected chi connectivity index (χ3v) is 2.30. The van der Waals surface area contributed by atoms with Gasteiger partial charge in [-0.15, -0.1) is 0 Å². The van der Waals surface area contributed by atoms with Crippen molar-refractivity contribution in [1.82, 2.24) is 4.90 Å². The van der Waals surface area contributed by atoms with Crippen molar-refractivity contribution in [3.8, 4) is 6.07 Å². The Morgan fingerprint density at radius 1 is 1.20 bits per heavy atom. The third-order valence-electron chi connectivity index (χ3n) is 2.30. The number of aliphatic hydroxyl groups excluding tert-OH is 1. The van der Waals surface area contributed by atoms with Crippen LogP contribution in [-0.2, 0) is 0 Å². The zero-order valence-electron chi connectivity index (χ0n) is 10.1. The number of hydrogen-bond acceptors (Lipinski definition) is 3. The van der Waals surface area contributed by atoms with E-state index in [1.165, 1.54) is 0 Å². The minimum Gasteiger partial charge on any atom is -0.396 e. The van der Waals surface area contributed by atoms with E-state index in [1.54, 1.807) is 0 Å². The Balaban J connectivity index is 3.65. The van der Waals surface area contributed by atoms with Gasteiger partial charge in [0.25, 0.3) is 0 Å². The Hall–Kier alpha value is -0.590. The van der Waals surface area contributed by atoms with Crippen molar-refractivity contribution < 1.29 is 5.11 Å². The maximum atomic E-state index is 8.66. The van der Waals surface area contributed by atoms with Gasteiger partial charge in [-0.1, -0.05) is 13.8 Å². The fourth-order valence-electron chi connectivity index (χ4n) is 1.64. The first-order valence-corrected chi connectivity index (χ1v) is 5.91. The van der Waals surface area contributed by atoms with Gasteiger partial charge in [0.1, 0.15) is 0 Å². The molecule has 0 rings (SSSR count). The molecule has 0 amide bonds. The highest BCUT2D eigenvalue weighted by Gasteiger charge is 2.06. The van der Waals surface area contributed by atoms with Gasteiger partial charge in [0, 0.05) is 26.1 Å².